The van der Waals surface area contributed by atoms with Gasteiger partial charge in [-0.25, -0.2) is 5.43 Å². The zero-order chi connectivity index (χ0) is 19.2. The highest BCUT2D eigenvalue weighted by Gasteiger charge is 2.06. The van der Waals surface area contributed by atoms with Crippen molar-refractivity contribution in [3.63, 3.8) is 0 Å². The smallest absolute Gasteiger partial charge is 0.271 e. The quantitative estimate of drug-likeness (QED) is 0.510. The van der Waals surface area contributed by atoms with Crippen LogP contribution < -0.4 is 10.7 Å². The molecule has 2 amide bonds. The maximum Gasteiger partial charge on any atom is 0.271 e. The summed E-state index contributed by atoms with van der Waals surface area (Å²) >= 11 is 5.87. The summed E-state index contributed by atoms with van der Waals surface area (Å²) in [5, 5.41) is 7.18. The van der Waals surface area contributed by atoms with E-state index < -0.39 is 5.91 Å². The van der Waals surface area contributed by atoms with Gasteiger partial charge in [-0.05, 0) is 54.6 Å². The van der Waals surface area contributed by atoms with Gasteiger partial charge in [-0.1, -0.05) is 17.7 Å². The van der Waals surface area contributed by atoms with Crippen LogP contribution in [0.3, 0.4) is 0 Å². The minimum atomic E-state index is -0.400. The van der Waals surface area contributed by atoms with E-state index >= 15 is 0 Å². The number of nitrogens with one attached hydrogen (secondary N) is 2. The second kappa shape index (κ2) is 8.33. The SMILES string of the molecule is CC(=O)Nc1cccc(C(=O)N/N=C\c2ccc(-c3ccc(Cl)cc3)o2)c1. The summed E-state index contributed by atoms with van der Waals surface area (Å²) in [6.45, 7) is 1.40. The molecule has 7 heteroatoms. The summed E-state index contributed by atoms with van der Waals surface area (Å²) in [6.07, 6.45) is 1.41. The fourth-order valence-electron chi connectivity index (χ4n) is 2.35. The summed E-state index contributed by atoms with van der Waals surface area (Å²) in [5.41, 5.74) is 4.23. The van der Waals surface area contributed by atoms with Crippen LogP contribution in [0.5, 0.6) is 0 Å². The summed E-state index contributed by atoms with van der Waals surface area (Å²) < 4.78 is 5.67. The Balaban J connectivity index is 1.63. The van der Waals surface area contributed by atoms with Crippen molar-refractivity contribution in [1.29, 1.82) is 0 Å². The number of nitrogens with zero attached hydrogens (tertiary/aromatic N) is 1. The van der Waals surface area contributed by atoms with Crippen molar-refractivity contribution in [3.05, 3.63) is 77.0 Å². The predicted molar refractivity (Wildman–Crippen MR) is 105 cm³/mol. The van der Waals surface area contributed by atoms with Gasteiger partial charge in [0, 0.05) is 28.8 Å². The van der Waals surface area contributed by atoms with E-state index in [1.54, 1.807) is 42.5 Å². The lowest BCUT2D eigenvalue weighted by molar-refractivity contribution is -0.114. The van der Waals surface area contributed by atoms with Crippen molar-refractivity contribution >= 4 is 35.3 Å². The molecule has 0 unspecified atom stereocenters. The molecule has 2 N–H and O–H groups in total. The van der Waals surface area contributed by atoms with Crippen LogP contribution in [0.2, 0.25) is 5.02 Å². The Kier molecular flexibility index (Phi) is 5.68. The van der Waals surface area contributed by atoms with E-state index in [0.717, 1.165) is 5.56 Å². The highest BCUT2D eigenvalue weighted by molar-refractivity contribution is 6.30. The van der Waals surface area contributed by atoms with E-state index in [1.165, 1.54) is 13.1 Å². The third-order valence-electron chi connectivity index (χ3n) is 3.56. The number of hydrazone groups is 1. The molecule has 0 aliphatic rings. The van der Waals surface area contributed by atoms with Crippen LogP contribution in [0.25, 0.3) is 11.3 Å². The van der Waals surface area contributed by atoms with Crippen molar-refractivity contribution in [2.45, 2.75) is 6.92 Å². The van der Waals surface area contributed by atoms with Crippen LogP contribution in [-0.2, 0) is 4.79 Å². The molecule has 27 heavy (non-hydrogen) atoms. The van der Waals surface area contributed by atoms with Gasteiger partial charge in [-0.15, -0.1) is 0 Å². The van der Waals surface area contributed by atoms with Crippen LogP contribution >= 0.6 is 11.6 Å². The molecule has 0 atom stereocenters. The third kappa shape index (κ3) is 5.05. The predicted octanol–water partition coefficient (Wildman–Crippen LogP) is 4.32. The number of benzene rings is 2. The Bertz CT molecular complexity index is 994. The molecule has 0 bridgehead atoms. The number of carbonyl (C=O) groups excluding carboxylic acids is 2. The average Bonchev–Trinajstić information content (AvgIpc) is 3.11. The lowest BCUT2D eigenvalue weighted by Gasteiger charge is -2.04. The number of rotatable bonds is 5. The van der Waals surface area contributed by atoms with Gasteiger partial charge in [-0.2, -0.15) is 5.10 Å². The normalized spacial score (nSPS) is 10.7. The van der Waals surface area contributed by atoms with E-state index in [4.69, 9.17) is 16.0 Å². The van der Waals surface area contributed by atoms with Gasteiger partial charge < -0.3 is 9.73 Å². The van der Waals surface area contributed by atoms with Gasteiger partial charge in [0.15, 0.2) is 0 Å². The van der Waals surface area contributed by atoms with Crippen molar-refractivity contribution in [1.82, 2.24) is 5.43 Å². The first-order chi connectivity index (χ1) is 13.0. The number of furan rings is 1. The van der Waals surface area contributed by atoms with Crippen LogP contribution in [0, 0.1) is 0 Å². The van der Waals surface area contributed by atoms with E-state index in [1.807, 2.05) is 18.2 Å². The zero-order valence-electron chi connectivity index (χ0n) is 14.4. The average molecular weight is 382 g/mol. The molecule has 0 radical (unpaired) electrons. The van der Waals surface area contributed by atoms with Gasteiger partial charge in [0.05, 0.1) is 6.21 Å². The minimum Gasteiger partial charge on any atom is -0.455 e. The molecule has 0 aliphatic carbocycles. The van der Waals surface area contributed by atoms with Gasteiger partial charge in [-0.3, -0.25) is 9.59 Å². The molecular weight excluding hydrogens is 366 g/mol. The highest BCUT2D eigenvalue weighted by Crippen LogP contribution is 2.23. The van der Waals surface area contributed by atoms with Crippen LogP contribution in [0.1, 0.15) is 23.0 Å². The number of hydrogen-bond acceptors (Lipinski definition) is 4. The molecule has 6 nitrogen and oxygen atoms in total. The Labute approximate surface area is 160 Å². The first-order valence-corrected chi connectivity index (χ1v) is 8.46. The van der Waals surface area contributed by atoms with Crippen molar-refractivity contribution < 1.29 is 14.0 Å². The summed E-state index contributed by atoms with van der Waals surface area (Å²) in [5.74, 6) is 0.553. The Morgan fingerprint density at radius 1 is 1.07 bits per heavy atom. The number of carbonyl (C=O) groups is 2. The second-order valence-electron chi connectivity index (χ2n) is 5.67. The topological polar surface area (TPSA) is 83.7 Å². The fourth-order valence-corrected chi connectivity index (χ4v) is 2.48. The lowest BCUT2D eigenvalue weighted by atomic mass is 10.2. The number of halogens is 1. The fraction of sp³-hybridized carbons (Fsp3) is 0.0500. The number of amides is 2. The first kappa shape index (κ1) is 18.4. The third-order valence-corrected chi connectivity index (χ3v) is 3.81. The van der Waals surface area contributed by atoms with Gasteiger partial charge in [0.25, 0.3) is 5.91 Å². The van der Waals surface area contributed by atoms with Crippen molar-refractivity contribution in [3.8, 4) is 11.3 Å². The first-order valence-electron chi connectivity index (χ1n) is 8.08. The Hall–Kier alpha value is -3.38. The van der Waals surface area contributed by atoms with Crippen LogP contribution in [0.15, 0.2) is 70.2 Å². The van der Waals surface area contributed by atoms with Crippen LogP contribution in [-0.4, -0.2) is 18.0 Å². The largest absolute Gasteiger partial charge is 0.455 e. The minimum absolute atomic E-state index is 0.208. The van der Waals surface area contributed by atoms with E-state index in [0.29, 0.717) is 27.8 Å². The zero-order valence-corrected chi connectivity index (χ0v) is 15.2. The summed E-state index contributed by atoms with van der Waals surface area (Å²) in [4.78, 5) is 23.2. The number of anilines is 1. The molecule has 3 aromatic rings. The van der Waals surface area contributed by atoms with E-state index in [2.05, 4.69) is 15.8 Å². The molecule has 0 fully saturated rings. The van der Waals surface area contributed by atoms with Gasteiger partial charge in [0.2, 0.25) is 5.91 Å². The second-order valence-corrected chi connectivity index (χ2v) is 6.11. The summed E-state index contributed by atoms with van der Waals surface area (Å²) in [7, 11) is 0. The van der Waals surface area contributed by atoms with Crippen LogP contribution in [0.4, 0.5) is 5.69 Å². The lowest BCUT2D eigenvalue weighted by Crippen LogP contribution is -2.18. The van der Waals surface area contributed by atoms with Gasteiger partial charge in [0.1, 0.15) is 11.5 Å². The molecule has 1 aromatic heterocycles. The Morgan fingerprint density at radius 2 is 1.85 bits per heavy atom. The molecule has 0 spiro atoms. The van der Waals surface area contributed by atoms with Crippen molar-refractivity contribution in [2.75, 3.05) is 5.32 Å². The van der Waals surface area contributed by atoms with E-state index in [9.17, 15) is 9.59 Å². The molecule has 136 valence electrons. The molecule has 0 aliphatic heterocycles. The molecular formula is C20H16ClN3O3. The highest BCUT2D eigenvalue weighted by atomic mass is 35.5. The molecule has 2 aromatic carbocycles. The maximum absolute atomic E-state index is 12.2. The monoisotopic (exact) mass is 381 g/mol. The molecule has 1 heterocycles. The van der Waals surface area contributed by atoms with E-state index in [-0.39, 0.29) is 5.91 Å². The molecule has 0 saturated heterocycles. The number of hydrogen-bond donors (Lipinski definition) is 2. The maximum atomic E-state index is 12.2. The molecule has 3 rings (SSSR count). The Morgan fingerprint density at radius 3 is 2.59 bits per heavy atom. The summed E-state index contributed by atoms with van der Waals surface area (Å²) in [6, 6.07) is 17.4. The van der Waals surface area contributed by atoms with Gasteiger partial charge >= 0.3 is 0 Å². The van der Waals surface area contributed by atoms with Crippen molar-refractivity contribution in [2.24, 2.45) is 5.10 Å². The standard InChI is InChI=1S/C20H16ClN3O3/c1-13(25)23-17-4-2-3-15(11-17)20(26)24-22-12-18-9-10-19(27-18)14-5-7-16(21)8-6-14/h2-12H,1H3,(H,23,25)(H,24,26)/b22-12-. The molecule has 0 saturated carbocycles.